The minimum atomic E-state index is -4.35. The number of halogens is 3. The van der Waals surface area contributed by atoms with Crippen molar-refractivity contribution in [2.24, 2.45) is 4.99 Å². The van der Waals surface area contributed by atoms with Crippen LogP contribution in [0.15, 0.2) is 64.5 Å². The second kappa shape index (κ2) is 7.94. The predicted molar refractivity (Wildman–Crippen MR) is 110 cm³/mol. The second-order valence-electron chi connectivity index (χ2n) is 6.74. The highest BCUT2D eigenvalue weighted by Gasteiger charge is 2.32. The minimum Gasteiger partial charge on any atom is -0.368 e. The Morgan fingerprint density at radius 2 is 1.62 bits per heavy atom. The maximum Gasteiger partial charge on any atom is 0.416 e. The van der Waals surface area contributed by atoms with Crippen molar-refractivity contribution in [3.05, 3.63) is 70.6 Å². The monoisotopic (exact) mass is 417 g/mol. The zero-order valence-electron chi connectivity index (χ0n) is 15.4. The number of thioether (sulfide) groups is 1. The Bertz CT molecular complexity index is 965. The lowest BCUT2D eigenvalue weighted by atomic mass is 10.1. The van der Waals surface area contributed by atoms with Crippen LogP contribution in [0.1, 0.15) is 11.1 Å². The van der Waals surface area contributed by atoms with Crippen molar-refractivity contribution in [1.82, 2.24) is 4.90 Å². The number of aliphatic imine (C=N–C) groups is 1. The van der Waals surface area contributed by atoms with Gasteiger partial charge in [-0.1, -0.05) is 36.4 Å². The van der Waals surface area contributed by atoms with Crippen molar-refractivity contribution in [1.29, 1.82) is 0 Å². The highest BCUT2D eigenvalue weighted by molar-refractivity contribution is 8.18. The third-order valence-electron chi connectivity index (χ3n) is 4.80. The molecule has 0 radical (unpaired) electrons. The van der Waals surface area contributed by atoms with Gasteiger partial charge >= 0.3 is 6.18 Å². The van der Waals surface area contributed by atoms with E-state index >= 15 is 0 Å². The van der Waals surface area contributed by atoms with Crippen LogP contribution in [0.2, 0.25) is 0 Å². The van der Waals surface area contributed by atoms with E-state index in [9.17, 15) is 18.0 Å². The number of benzene rings is 2. The predicted octanol–water partition coefficient (Wildman–Crippen LogP) is 4.50. The molecule has 0 aromatic heterocycles. The molecule has 0 N–H and O–H groups in total. The van der Waals surface area contributed by atoms with E-state index in [1.54, 1.807) is 6.07 Å². The summed E-state index contributed by atoms with van der Waals surface area (Å²) in [6, 6.07) is 15.0. The molecule has 0 saturated carbocycles. The van der Waals surface area contributed by atoms with Crippen molar-refractivity contribution in [2.45, 2.75) is 6.18 Å². The molecule has 0 spiro atoms. The molecule has 0 unspecified atom stereocenters. The van der Waals surface area contributed by atoms with Gasteiger partial charge in [0.05, 0.1) is 10.5 Å². The van der Waals surface area contributed by atoms with Crippen molar-refractivity contribution in [3.8, 4) is 0 Å². The van der Waals surface area contributed by atoms with E-state index in [2.05, 4.69) is 4.99 Å². The molecule has 0 aliphatic carbocycles. The molecule has 1 amide bonds. The number of rotatable bonds is 2. The Kier molecular flexibility index (Phi) is 5.36. The number of hydrogen-bond acceptors (Lipinski definition) is 4. The first-order valence-electron chi connectivity index (χ1n) is 9.15. The summed E-state index contributed by atoms with van der Waals surface area (Å²) in [5.74, 6) is -0.255. The standard InChI is InChI=1S/C21H18F3N3OS/c22-21(23,24)16-7-4-8-17(14-16)26-9-11-27(12-10-26)20-25-19(28)18(29-20)13-15-5-2-1-3-6-15/h1-8,13-14H,9-12H2. The number of anilines is 1. The van der Waals surface area contributed by atoms with E-state index in [-0.39, 0.29) is 5.91 Å². The van der Waals surface area contributed by atoms with Crippen LogP contribution >= 0.6 is 11.8 Å². The van der Waals surface area contributed by atoms with Gasteiger partial charge in [0.1, 0.15) is 0 Å². The highest BCUT2D eigenvalue weighted by atomic mass is 32.2. The summed E-state index contributed by atoms with van der Waals surface area (Å²) in [4.78, 5) is 20.9. The number of alkyl halides is 3. The molecular formula is C21H18F3N3OS. The number of carbonyl (C=O) groups excluding carboxylic acids is 1. The highest BCUT2D eigenvalue weighted by Crippen LogP contribution is 2.33. The van der Waals surface area contributed by atoms with Gasteiger partial charge < -0.3 is 9.80 Å². The van der Waals surface area contributed by atoms with Crippen LogP contribution in [0.5, 0.6) is 0 Å². The number of amidine groups is 1. The van der Waals surface area contributed by atoms with E-state index in [0.29, 0.717) is 41.9 Å². The van der Waals surface area contributed by atoms with Crippen LogP contribution in [0, 0.1) is 0 Å². The van der Waals surface area contributed by atoms with Crippen LogP contribution in [0.25, 0.3) is 6.08 Å². The average molecular weight is 417 g/mol. The Morgan fingerprint density at radius 1 is 0.931 bits per heavy atom. The molecule has 150 valence electrons. The summed E-state index contributed by atoms with van der Waals surface area (Å²) in [5.41, 5.74) is 0.852. The van der Waals surface area contributed by atoms with Gasteiger partial charge in [-0.2, -0.15) is 18.2 Å². The molecular weight excluding hydrogens is 399 g/mol. The molecule has 2 heterocycles. The zero-order chi connectivity index (χ0) is 20.4. The maximum absolute atomic E-state index is 12.9. The number of amides is 1. The lowest BCUT2D eigenvalue weighted by Gasteiger charge is -2.36. The quantitative estimate of drug-likeness (QED) is 0.675. The van der Waals surface area contributed by atoms with Crippen molar-refractivity contribution in [3.63, 3.8) is 0 Å². The molecule has 2 aromatic carbocycles. The second-order valence-corrected chi connectivity index (χ2v) is 7.75. The maximum atomic E-state index is 12.9. The van der Waals surface area contributed by atoms with E-state index in [1.165, 1.54) is 23.9 Å². The molecule has 4 nitrogen and oxygen atoms in total. The molecule has 0 atom stereocenters. The minimum absolute atomic E-state index is 0.255. The fourth-order valence-electron chi connectivity index (χ4n) is 3.27. The van der Waals surface area contributed by atoms with E-state index in [4.69, 9.17) is 0 Å². The topological polar surface area (TPSA) is 35.9 Å². The van der Waals surface area contributed by atoms with Gasteiger partial charge in [-0.25, -0.2) is 0 Å². The van der Waals surface area contributed by atoms with E-state index < -0.39 is 11.7 Å². The third-order valence-corrected chi connectivity index (χ3v) is 5.84. The number of piperazine rings is 1. The lowest BCUT2D eigenvalue weighted by molar-refractivity contribution is -0.137. The molecule has 1 fully saturated rings. The Morgan fingerprint density at radius 3 is 2.31 bits per heavy atom. The molecule has 2 aromatic rings. The molecule has 29 heavy (non-hydrogen) atoms. The Labute approximate surface area is 170 Å². The van der Waals surface area contributed by atoms with Crippen LogP contribution in [0.3, 0.4) is 0 Å². The number of hydrogen-bond donors (Lipinski definition) is 0. The summed E-state index contributed by atoms with van der Waals surface area (Å²) < 4.78 is 38.8. The molecule has 4 rings (SSSR count). The van der Waals surface area contributed by atoms with E-state index in [1.807, 2.05) is 46.2 Å². The van der Waals surface area contributed by atoms with Crippen molar-refractivity contribution >= 4 is 34.6 Å². The first-order chi connectivity index (χ1) is 13.9. The Balaban J connectivity index is 1.40. The summed E-state index contributed by atoms with van der Waals surface area (Å²) in [7, 11) is 0. The van der Waals surface area contributed by atoms with Crippen molar-refractivity contribution < 1.29 is 18.0 Å². The number of carbonyl (C=O) groups is 1. The summed E-state index contributed by atoms with van der Waals surface area (Å²) >= 11 is 1.34. The first kappa shape index (κ1) is 19.6. The number of nitrogens with zero attached hydrogens (tertiary/aromatic N) is 3. The largest absolute Gasteiger partial charge is 0.416 e. The fourth-order valence-corrected chi connectivity index (χ4v) is 4.23. The lowest BCUT2D eigenvalue weighted by Crippen LogP contribution is -2.47. The molecule has 0 bridgehead atoms. The summed E-state index contributed by atoms with van der Waals surface area (Å²) in [6.07, 6.45) is -2.53. The van der Waals surface area contributed by atoms with Crippen LogP contribution in [0.4, 0.5) is 18.9 Å². The van der Waals surface area contributed by atoms with Crippen LogP contribution in [-0.4, -0.2) is 42.2 Å². The van der Waals surface area contributed by atoms with Gasteiger partial charge in [-0.05, 0) is 41.6 Å². The normalized spacial score (nSPS) is 19.1. The summed E-state index contributed by atoms with van der Waals surface area (Å²) in [6.45, 7) is 2.31. The van der Waals surface area contributed by atoms with Crippen molar-refractivity contribution in [2.75, 3.05) is 31.1 Å². The van der Waals surface area contributed by atoms with Gasteiger partial charge in [0, 0.05) is 31.9 Å². The van der Waals surface area contributed by atoms with Gasteiger partial charge in [0.2, 0.25) is 0 Å². The van der Waals surface area contributed by atoms with Crippen LogP contribution in [-0.2, 0) is 11.0 Å². The average Bonchev–Trinajstić information content (AvgIpc) is 3.09. The van der Waals surface area contributed by atoms with E-state index in [0.717, 1.165) is 11.6 Å². The molecule has 1 saturated heterocycles. The first-order valence-corrected chi connectivity index (χ1v) is 9.96. The molecule has 8 heteroatoms. The smallest absolute Gasteiger partial charge is 0.368 e. The third kappa shape index (κ3) is 4.48. The fraction of sp³-hybridized carbons (Fsp3) is 0.238. The van der Waals surface area contributed by atoms with Gasteiger partial charge in [-0.15, -0.1) is 0 Å². The van der Waals surface area contributed by atoms with Gasteiger partial charge in [0.15, 0.2) is 5.17 Å². The zero-order valence-corrected chi connectivity index (χ0v) is 16.2. The molecule has 2 aliphatic rings. The van der Waals surface area contributed by atoms with Gasteiger partial charge in [-0.3, -0.25) is 4.79 Å². The Hall–Kier alpha value is -2.74. The molecule has 2 aliphatic heterocycles. The van der Waals surface area contributed by atoms with Gasteiger partial charge in [0.25, 0.3) is 5.91 Å². The SMILES string of the molecule is O=C1N=C(N2CCN(c3cccc(C(F)(F)F)c3)CC2)SC1=Cc1ccccc1. The van der Waals surface area contributed by atoms with Crippen LogP contribution < -0.4 is 4.90 Å². The summed E-state index contributed by atoms with van der Waals surface area (Å²) in [5, 5.41) is 0.654.